The van der Waals surface area contributed by atoms with Gasteiger partial charge in [-0.3, -0.25) is 4.79 Å². The molecule has 0 fully saturated rings. The number of carbonyl (C=O) groups is 3. The van der Waals surface area contributed by atoms with Crippen LogP contribution in [-0.2, 0) is 25.5 Å². The molecule has 0 aliphatic heterocycles. The highest BCUT2D eigenvalue weighted by molar-refractivity contribution is 6.05. The van der Waals surface area contributed by atoms with Crippen molar-refractivity contribution in [2.75, 3.05) is 25.1 Å². The monoisotopic (exact) mass is 545 g/mol. The lowest BCUT2D eigenvalue weighted by Crippen LogP contribution is -2.17. The maximum absolute atomic E-state index is 13.0. The molecular weight excluding hydrogens is 510 g/mol. The average Bonchev–Trinajstić information content (AvgIpc) is 2.98. The van der Waals surface area contributed by atoms with Crippen LogP contribution in [0, 0.1) is 0 Å². The minimum atomic E-state index is -0.809. The summed E-state index contributed by atoms with van der Waals surface area (Å²) in [6.45, 7) is 4.64. The van der Waals surface area contributed by atoms with E-state index in [4.69, 9.17) is 18.9 Å². The van der Waals surface area contributed by atoms with Crippen LogP contribution in [0.1, 0.15) is 49.0 Å². The third-order valence-electron chi connectivity index (χ3n) is 5.53. The Morgan fingerprint density at radius 2 is 1.45 bits per heavy atom. The van der Waals surface area contributed by atoms with E-state index in [2.05, 4.69) is 17.4 Å². The molecule has 1 N–H and O–H groups in total. The van der Waals surface area contributed by atoms with Gasteiger partial charge in [0.15, 0.2) is 5.75 Å². The van der Waals surface area contributed by atoms with Gasteiger partial charge in [0.1, 0.15) is 5.75 Å². The molecule has 0 aliphatic carbocycles. The van der Waals surface area contributed by atoms with E-state index in [1.165, 1.54) is 5.56 Å². The van der Waals surface area contributed by atoms with Gasteiger partial charge in [-0.1, -0.05) is 56.3 Å². The third kappa shape index (κ3) is 9.94. The first-order valence-corrected chi connectivity index (χ1v) is 13.4. The van der Waals surface area contributed by atoms with Gasteiger partial charge < -0.3 is 24.3 Å². The predicted octanol–water partition coefficient (Wildman–Crippen LogP) is 6.12. The molecule has 0 aliphatic rings. The van der Waals surface area contributed by atoms with E-state index in [-0.39, 0.29) is 30.6 Å². The molecule has 8 nitrogen and oxygen atoms in total. The van der Waals surface area contributed by atoms with Gasteiger partial charge in [0.05, 0.1) is 31.6 Å². The van der Waals surface area contributed by atoms with E-state index in [9.17, 15) is 14.4 Å². The van der Waals surface area contributed by atoms with Gasteiger partial charge in [0, 0.05) is 5.56 Å². The Kier molecular flexibility index (Phi) is 12.3. The van der Waals surface area contributed by atoms with Crippen molar-refractivity contribution in [3.05, 3.63) is 102 Å². The number of para-hydroxylation sites is 2. The molecule has 210 valence electrons. The molecule has 0 aromatic heterocycles. The van der Waals surface area contributed by atoms with Crippen LogP contribution in [0.25, 0.3) is 0 Å². The second-order valence-corrected chi connectivity index (χ2v) is 8.83. The van der Waals surface area contributed by atoms with E-state index in [1.807, 2.05) is 32.0 Å². The molecule has 0 unspecified atom stereocenters. The van der Waals surface area contributed by atoms with Crippen molar-refractivity contribution in [3.63, 3.8) is 0 Å². The van der Waals surface area contributed by atoms with Crippen LogP contribution in [0.3, 0.4) is 0 Å². The normalized spacial score (nSPS) is 10.9. The number of rotatable bonds is 15. The van der Waals surface area contributed by atoms with Crippen LogP contribution in [0.5, 0.6) is 11.5 Å². The highest BCUT2D eigenvalue weighted by atomic mass is 16.6. The summed E-state index contributed by atoms with van der Waals surface area (Å²) in [7, 11) is 0. The molecule has 40 heavy (non-hydrogen) atoms. The molecule has 0 heterocycles. The average molecular weight is 546 g/mol. The van der Waals surface area contributed by atoms with Crippen molar-refractivity contribution >= 4 is 23.5 Å². The summed E-state index contributed by atoms with van der Waals surface area (Å²) in [4.78, 5) is 37.6. The lowest BCUT2D eigenvalue weighted by Gasteiger charge is -2.14. The lowest BCUT2D eigenvalue weighted by molar-refractivity contribution is -0.143. The number of amides is 1. The van der Waals surface area contributed by atoms with Crippen molar-refractivity contribution in [2.24, 2.45) is 0 Å². The largest absolute Gasteiger partial charge is 0.494 e. The molecule has 0 atom stereocenters. The Hall–Kier alpha value is -4.59. The molecule has 0 saturated carbocycles. The van der Waals surface area contributed by atoms with Gasteiger partial charge in [-0.2, -0.15) is 0 Å². The van der Waals surface area contributed by atoms with Crippen LogP contribution in [0.15, 0.2) is 90.7 Å². The summed E-state index contributed by atoms with van der Waals surface area (Å²) in [6, 6.07) is 23.6. The Bertz CT molecular complexity index is 1270. The number of nitrogens with one attached hydrogen (secondary N) is 1. The molecule has 3 aromatic carbocycles. The van der Waals surface area contributed by atoms with Crippen LogP contribution >= 0.6 is 0 Å². The Morgan fingerprint density at radius 3 is 2.17 bits per heavy atom. The lowest BCUT2D eigenvalue weighted by atomic mass is 10.1. The van der Waals surface area contributed by atoms with Crippen molar-refractivity contribution in [1.29, 1.82) is 0 Å². The summed E-state index contributed by atoms with van der Waals surface area (Å²) in [6.07, 6.45) is 3.98. The number of anilines is 1. The summed E-state index contributed by atoms with van der Waals surface area (Å²) in [5.41, 5.74) is 1.98. The van der Waals surface area contributed by atoms with E-state index in [0.29, 0.717) is 36.4 Å². The Labute approximate surface area is 234 Å². The van der Waals surface area contributed by atoms with Gasteiger partial charge in [-0.25, -0.2) is 9.59 Å². The summed E-state index contributed by atoms with van der Waals surface area (Å²) >= 11 is 0. The zero-order chi connectivity index (χ0) is 28.6. The highest BCUT2D eigenvalue weighted by Gasteiger charge is 2.19. The quantitative estimate of drug-likeness (QED) is 0.106. The first-order chi connectivity index (χ1) is 19.5. The number of carbonyl (C=O) groups excluding carboxylic acids is 3. The zero-order valence-corrected chi connectivity index (χ0v) is 22.9. The van der Waals surface area contributed by atoms with Crippen molar-refractivity contribution in [2.45, 2.75) is 39.5 Å². The summed E-state index contributed by atoms with van der Waals surface area (Å²) in [5.74, 6) is -1.43. The fraction of sp³-hybridized carbons (Fsp3) is 0.281. The molecule has 0 saturated heterocycles. The number of hydrogen-bond acceptors (Lipinski definition) is 7. The number of hydrogen-bond donors (Lipinski definition) is 1. The maximum Gasteiger partial charge on any atom is 0.374 e. The molecular formula is C32H35NO7. The second-order valence-electron chi connectivity index (χ2n) is 8.83. The van der Waals surface area contributed by atoms with Crippen LogP contribution in [0.4, 0.5) is 5.69 Å². The fourth-order valence-corrected chi connectivity index (χ4v) is 3.53. The maximum atomic E-state index is 13.0. The second kappa shape index (κ2) is 16.4. The predicted molar refractivity (Wildman–Crippen MR) is 152 cm³/mol. The zero-order valence-electron chi connectivity index (χ0n) is 22.9. The first kappa shape index (κ1) is 30.0. The minimum Gasteiger partial charge on any atom is -0.494 e. The topological polar surface area (TPSA) is 100 Å². The van der Waals surface area contributed by atoms with Crippen LogP contribution in [0.2, 0.25) is 0 Å². The van der Waals surface area contributed by atoms with E-state index in [0.717, 1.165) is 18.9 Å². The van der Waals surface area contributed by atoms with Crippen molar-refractivity contribution in [1.82, 2.24) is 0 Å². The highest BCUT2D eigenvalue weighted by Crippen LogP contribution is 2.27. The number of benzene rings is 3. The van der Waals surface area contributed by atoms with Crippen molar-refractivity contribution in [3.8, 4) is 11.5 Å². The summed E-state index contributed by atoms with van der Waals surface area (Å²) in [5, 5.41) is 2.79. The van der Waals surface area contributed by atoms with E-state index < -0.39 is 11.9 Å². The molecule has 3 aromatic rings. The smallest absolute Gasteiger partial charge is 0.374 e. The molecule has 3 rings (SSSR count). The van der Waals surface area contributed by atoms with Crippen LogP contribution < -0.4 is 14.8 Å². The number of aryl methyl sites for hydroxylation is 1. The van der Waals surface area contributed by atoms with Gasteiger partial charge in [-0.05, 0) is 67.6 Å². The van der Waals surface area contributed by atoms with E-state index in [1.54, 1.807) is 48.5 Å². The van der Waals surface area contributed by atoms with Gasteiger partial charge in [0.2, 0.25) is 5.76 Å². The molecule has 0 bridgehead atoms. The Morgan fingerprint density at radius 1 is 0.775 bits per heavy atom. The SMILES string of the molecule is CCCOC(=O)/C=C(\Oc1ccccc1NC(=O)c1ccc(OCCCc2ccccc2)cc1)C(=O)OCCC. The molecule has 0 radical (unpaired) electrons. The van der Waals surface area contributed by atoms with Gasteiger partial charge >= 0.3 is 11.9 Å². The minimum absolute atomic E-state index is 0.161. The summed E-state index contributed by atoms with van der Waals surface area (Å²) < 4.78 is 21.8. The molecule has 1 amide bonds. The Balaban J connectivity index is 1.62. The molecule has 0 spiro atoms. The fourth-order valence-electron chi connectivity index (χ4n) is 3.53. The number of ether oxygens (including phenoxy) is 4. The third-order valence-corrected chi connectivity index (χ3v) is 5.53. The first-order valence-electron chi connectivity index (χ1n) is 13.4. The van der Waals surface area contributed by atoms with Crippen LogP contribution in [-0.4, -0.2) is 37.7 Å². The molecule has 8 heteroatoms. The van der Waals surface area contributed by atoms with Crippen molar-refractivity contribution < 1.29 is 33.3 Å². The number of esters is 2. The standard InChI is InChI=1S/C32H35NO7/c1-3-20-38-30(34)23-29(32(36)39-21-4-2)40-28-15-9-8-14-27(28)33-31(35)25-16-18-26(19-17-25)37-22-10-13-24-11-6-5-7-12-24/h5-9,11-12,14-19,23H,3-4,10,13,20-22H2,1-2H3,(H,33,35)/b29-23-. The van der Waals surface area contributed by atoms with Gasteiger partial charge in [0.25, 0.3) is 5.91 Å². The van der Waals surface area contributed by atoms with Gasteiger partial charge in [-0.15, -0.1) is 0 Å². The van der Waals surface area contributed by atoms with E-state index >= 15 is 0 Å².